The lowest BCUT2D eigenvalue weighted by Gasteiger charge is -2.12. The van der Waals surface area contributed by atoms with Gasteiger partial charge in [0.1, 0.15) is 5.76 Å². The highest BCUT2D eigenvalue weighted by atomic mass is 127. The maximum Gasteiger partial charge on any atom is 0.191 e. The van der Waals surface area contributed by atoms with Gasteiger partial charge in [-0.05, 0) is 36.6 Å². The smallest absolute Gasteiger partial charge is 0.191 e. The van der Waals surface area contributed by atoms with Crippen LogP contribution < -0.4 is 10.6 Å². The van der Waals surface area contributed by atoms with E-state index in [1.54, 1.807) is 6.26 Å². The molecule has 23 heavy (non-hydrogen) atoms. The molecule has 4 nitrogen and oxygen atoms in total. The molecule has 1 fully saturated rings. The molecule has 0 bridgehead atoms. The molecular weight excluding hydrogens is 401 g/mol. The third kappa shape index (κ3) is 4.73. The first-order valence-corrected chi connectivity index (χ1v) is 7.83. The van der Waals surface area contributed by atoms with Gasteiger partial charge in [-0.15, -0.1) is 24.0 Å². The van der Waals surface area contributed by atoms with Crippen LogP contribution >= 0.6 is 24.0 Å². The second-order valence-electron chi connectivity index (χ2n) is 5.78. The van der Waals surface area contributed by atoms with Crippen molar-refractivity contribution >= 4 is 29.9 Å². The SMILES string of the molecule is CN=C(NCCc1ccco1)NC1CC1c1ccccc1C.I. The molecule has 1 saturated carbocycles. The number of aryl methyl sites for hydroxylation is 1. The number of nitrogens with one attached hydrogen (secondary N) is 2. The van der Waals surface area contributed by atoms with Crippen LogP contribution in [0.1, 0.15) is 29.2 Å². The van der Waals surface area contributed by atoms with Gasteiger partial charge in [-0.2, -0.15) is 0 Å². The molecule has 1 heterocycles. The first kappa shape index (κ1) is 17.8. The molecule has 1 aromatic carbocycles. The number of benzene rings is 1. The van der Waals surface area contributed by atoms with Gasteiger partial charge in [0.25, 0.3) is 0 Å². The molecule has 0 spiro atoms. The van der Waals surface area contributed by atoms with Crippen molar-refractivity contribution < 1.29 is 4.42 Å². The van der Waals surface area contributed by atoms with Crippen molar-refractivity contribution in [1.29, 1.82) is 0 Å². The summed E-state index contributed by atoms with van der Waals surface area (Å²) in [7, 11) is 1.81. The quantitative estimate of drug-likeness (QED) is 0.438. The Kier molecular flexibility index (Phi) is 6.50. The molecule has 1 aliphatic carbocycles. The first-order chi connectivity index (χ1) is 10.8. The summed E-state index contributed by atoms with van der Waals surface area (Å²) < 4.78 is 5.33. The Morgan fingerprint density at radius 2 is 2.09 bits per heavy atom. The lowest BCUT2D eigenvalue weighted by atomic mass is 10.0. The molecule has 1 aromatic heterocycles. The van der Waals surface area contributed by atoms with Crippen molar-refractivity contribution in [1.82, 2.24) is 10.6 Å². The fourth-order valence-corrected chi connectivity index (χ4v) is 2.83. The fourth-order valence-electron chi connectivity index (χ4n) is 2.83. The van der Waals surface area contributed by atoms with Gasteiger partial charge in [0, 0.05) is 32.0 Å². The zero-order valence-electron chi connectivity index (χ0n) is 13.6. The minimum Gasteiger partial charge on any atom is -0.469 e. The summed E-state index contributed by atoms with van der Waals surface area (Å²) in [4.78, 5) is 4.30. The second kappa shape index (κ2) is 8.38. The van der Waals surface area contributed by atoms with Crippen molar-refractivity contribution in [3.8, 4) is 0 Å². The number of guanidine groups is 1. The number of halogens is 1. The van der Waals surface area contributed by atoms with Crippen LogP contribution in [0.25, 0.3) is 0 Å². The van der Waals surface area contributed by atoms with E-state index in [9.17, 15) is 0 Å². The molecule has 2 N–H and O–H groups in total. The normalized spacial score (nSPS) is 19.8. The Bertz CT molecular complexity index is 639. The summed E-state index contributed by atoms with van der Waals surface area (Å²) in [6.45, 7) is 3.00. The highest BCUT2D eigenvalue weighted by Gasteiger charge is 2.39. The van der Waals surface area contributed by atoms with E-state index in [0.717, 1.165) is 24.7 Å². The monoisotopic (exact) mass is 425 g/mol. The van der Waals surface area contributed by atoms with Crippen LogP contribution in [-0.2, 0) is 6.42 Å². The van der Waals surface area contributed by atoms with Gasteiger partial charge in [0.2, 0.25) is 0 Å². The second-order valence-corrected chi connectivity index (χ2v) is 5.78. The molecule has 5 heteroatoms. The number of aliphatic imine (C=N–C) groups is 1. The molecule has 0 saturated heterocycles. The zero-order valence-corrected chi connectivity index (χ0v) is 15.9. The number of nitrogens with zero attached hydrogens (tertiary/aromatic N) is 1. The Labute approximate surface area is 154 Å². The van der Waals surface area contributed by atoms with Gasteiger partial charge >= 0.3 is 0 Å². The zero-order chi connectivity index (χ0) is 15.4. The number of hydrogen-bond donors (Lipinski definition) is 2. The van der Waals surface area contributed by atoms with Gasteiger partial charge in [-0.1, -0.05) is 24.3 Å². The minimum atomic E-state index is 0. The van der Waals surface area contributed by atoms with Gasteiger partial charge in [0.15, 0.2) is 5.96 Å². The van der Waals surface area contributed by atoms with Crippen LogP contribution in [0.5, 0.6) is 0 Å². The average Bonchev–Trinajstić information content (AvgIpc) is 3.08. The molecule has 3 rings (SSSR count). The molecule has 1 aliphatic rings. The van der Waals surface area contributed by atoms with Crippen LogP contribution in [0.15, 0.2) is 52.1 Å². The highest BCUT2D eigenvalue weighted by molar-refractivity contribution is 14.0. The summed E-state index contributed by atoms with van der Waals surface area (Å²) in [5.41, 5.74) is 2.82. The van der Waals surface area contributed by atoms with E-state index in [-0.39, 0.29) is 24.0 Å². The van der Waals surface area contributed by atoms with E-state index in [1.165, 1.54) is 17.5 Å². The summed E-state index contributed by atoms with van der Waals surface area (Å²) in [6, 6.07) is 13.0. The van der Waals surface area contributed by atoms with E-state index in [1.807, 2.05) is 19.2 Å². The van der Waals surface area contributed by atoms with Crippen LogP contribution in [0.3, 0.4) is 0 Å². The molecule has 2 atom stereocenters. The van der Waals surface area contributed by atoms with Crippen LogP contribution in [0, 0.1) is 6.92 Å². The van der Waals surface area contributed by atoms with Crippen LogP contribution in [0.2, 0.25) is 0 Å². The molecular formula is C18H24IN3O. The largest absolute Gasteiger partial charge is 0.469 e. The van der Waals surface area contributed by atoms with E-state index in [2.05, 4.69) is 46.8 Å². The topological polar surface area (TPSA) is 49.6 Å². The maximum absolute atomic E-state index is 5.33. The minimum absolute atomic E-state index is 0. The Balaban J connectivity index is 0.00000192. The lowest BCUT2D eigenvalue weighted by molar-refractivity contribution is 0.506. The standard InChI is InChI=1S/C18H23N3O.HI/c1-13-6-3-4-8-15(13)16-12-17(16)21-18(19-2)20-10-9-14-7-5-11-22-14;/h3-8,11,16-17H,9-10,12H2,1-2H3,(H2,19,20,21);1H. The molecule has 0 radical (unpaired) electrons. The lowest BCUT2D eigenvalue weighted by Crippen LogP contribution is -2.39. The van der Waals surface area contributed by atoms with Crippen molar-refractivity contribution in [3.05, 3.63) is 59.5 Å². The van der Waals surface area contributed by atoms with Crippen molar-refractivity contribution in [3.63, 3.8) is 0 Å². The third-order valence-corrected chi connectivity index (χ3v) is 4.17. The fraction of sp³-hybridized carbons (Fsp3) is 0.389. The van der Waals surface area contributed by atoms with Gasteiger partial charge in [0.05, 0.1) is 6.26 Å². The van der Waals surface area contributed by atoms with E-state index in [4.69, 9.17) is 4.42 Å². The van der Waals surface area contributed by atoms with Gasteiger partial charge in [-0.25, -0.2) is 0 Å². The summed E-state index contributed by atoms with van der Waals surface area (Å²) in [5.74, 6) is 2.46. The Morgan fingerprint density at radius 1 is 1.26 bits per heavy atom. The van der Waals surface area contributed by atoms with E-state index >= 15 is 0 Å². The average molecular weight is 425 g/mol. The Hall–Kier alpha value is -1.50. The third-order valence-electron chi connectivity index (χ3n) is 4.17. The highest BCUT2D eigenvalue weighted by Crippen LogP contribution is 2.41. The number of hydrogen-bond acceptors (Lipinski definition) is 2. The Morgan fingerprint density at radius 3 is 2.78 bits per heavy atom. The molecule has 124 valence electrons. The summed E-state index contributed by atoms with van der Waals surface area (Å²) >= 11 is 0. The summed E-state index contributed by atoms with van der Waals surface area (Å²) in [6.07, 6.45) is 3.74. The van der Waals surface area contributed by atoms with E-state index < -0.39 is 0 Å². The molecule has 2 aromatic rings. The first-order valence-electron chi connectivity index (χ1n) is 7.83. The number of furan rings is 1. The molecule has 0 aliphatic heterocycles. The van der Waals surface area contributed by atoms with Crippen molar-refractivity contribution in [2.75, 3.05) is 13.6 Å². The summed E-state index contributed by atoms with van der Waals surface area (Å²) in [5, 5.41) is 6.85. The maximum atomic E-state index is 5.33. The molecule has 2 unspecified atom stereocenters. The van der Waals surface area contributed by atoms with Crippen molar-refractivity contribution in [2.45, 2.75) is 31.7 Å². The molecule has 0 amide bonds. The van der Waals surface area contributed by atoms with Crippen LogP contribution in [0.4, 0.5) is 0 Å². The van der Waals surface area contributed by atoms with Gasteiger partial charge < -0.3 is 15.1 Å². The van der Waals surface area contributed by atoms with Gasteiger partial charge in [-0.3, -0.25) is 4.99 Å². The number of rotatable bonds is 5. The van der Waals surface area contributed by atoms with Crippen LogP contribution in [-0.4, -0.2) is 25.6 Å². The predicted molar refractivity (Wildman–Crippen MR) is 105 cm³/mol. The van der Waals surface area contributed by atoms with Crippen molar-refractivity contribution in [2.24, 2.45) is 4.99 Å². The predicted octanol–water partition coefficient (Wildman–Crippen LogP) is 3.47. The van der Waals surface area contributed by atoms with E-state index in [0.29, 0.717) is 12.0 Å².